The van der Waals surface area contributed by atoms with Gasteiger partial charge in [0.25, 0.3) is 0 Å². The van der Waals surface area contributed by atoms with E-state index >= 15 is 0 Å². The Morgan fingerprint density at radius 1 is 1.12 bits per heavy atom. The molecule has 0 aliphatic heterocycles. The summed E-state index contributed by atoms with van der Waals surface area (Å²) in [7, 11) is 1.70. The Labute approximate surface area is 105 Å². The van der Waals surface area contributed by atoms with Crippen molar-refractivity contribution < 1.29 is 4.74 Å². The number of aryl methyl sites for hydroxylation is 1. The van der Waals surface area contributed by atoms with Crippen LogP contribution in [0.5, 0.6) is 5.75 Å². The lowest BCUT2D eigenvalue weighted by Crippen LogP contribution is -2.34. The maximum absolute atomic E-state index is 5.15. The second-order valence-electron chi connectivity index (χ2n) is 4.76. The van der Waals surface area contributed by atoms with E-state index in [1.54, 1.807) is 7.11 Å². The van der Waals surface area contributed by atoms with Crippen molar-refractivity contribution in [3.05, 3.63) is 29.8 Å². The lowest BCUT2D eigenvalue weighted by molar-refractivity contribution is 0.414. The van der Waals surface area contributed by atoms with Gasteiger partial charge in [0, 0.05) is 12.1 Å². The van der Waals surface area contributed by atoms with Crippen LogP contribution in [-0.2, 0) is 6.42 Å². The number of hydrogen-bond acceptors (Lipinski definition) is 2. The van der Waals surface area contributed by atoms with Gasteiger partial charge in [-0.1, -0.05) is 19.1 Å². The highest BCUT2D eigenvalue weighted by atomic mass is 16.5. The third-order valence-electron chi connectivity index (χ3n) is 3.21. The minimum Gasteiger partial charge on any atom is -0.497 e. The second kappa shape index (κ2) is 7.33. The molecule has 0 radical (unpaired) electrons. The van der Waals surface area contributed by atoms with E-state index in [2.05, 4.69) is 38.2 Å². The van der Waals surface area contributed by atoms with Crippen molar-refractivity contribution in [3.8, 4) is 5.75 Å². The first kappa shape index (κ1) is 14.0. The molecular weight excluding hydrogens is 210 g/mol. The van der Waals surface area contributed by atoms with Crippen LogP contribution < -0.4 is 10.1 Å². The van der Waals surface area contributed by atoms with Crippen molar-refractivity contribution in [2.75, 3.05) is 7.11 Å². The zero-order chi connectivity index (χ0) is 12.7. The molecule has 0 fully saturated rings. The maximum Gasteiger partial charge on any atom is 0.118 e. The zero-order valence-electron chi connectivity index (χ0n) is 11.5. The van der Waals surface area contributed by atoms with Crippen LogP contribution in [0.15, 0.2) is 24.3 Å². The van der Waals surface area contributed by atoms with Gasteiger partial charge in [-0.25, -0.2) is 0 Å². The molecule has 17 heavy (non-hydrogen) atoms. The van der Waals surface area contributed by atoms with Gasteiger partial charge in [0.05, 0.1) is 7.11 Å². The van der Waals surface area contributed by atoms with Crippen molar-refractivity contribution in [3.63, 3.8) is 0 Å². The summed E-state index contributed by atoms with van der Waals surface area (Å²) in [4.78, 5) is 0. The molecule has 2 atom stereocenters. The van der Waals surface area contributed by atoms with Gasteiger partial charge in [-0.3, -0.25) is 0 Å². The molecule has 2 unspecified atom stereocenters. The molecule has 0 saturated heterocycles. The molecule has 0 bridgehead atoms. The van der Waals surface area contributed by atoms with Gasteiger partial charge in [0.15, 0.2) is 0 Å². The van der Waals surface area contributed by atoms with Gasteiger partial charge in [-0.15, -0.1) is 0 Å². The van der Waals surface area contributed by atoms with Crippen LogP contribution in [-0.4, -0.2) is 19.2 Å². The molecule has 0 saturated carbocycles. The minimum absolute atomic E-state index is 0.576. The summed E-state index contributed by atoms with van der Waals surface area (Å²) in [6.45, 7) is 6.72. The molecule has 1 aromatic rings. The fourth-order valence-corrected chi connectivity index (χ4v) is 1.86. The van der Waals surface area contributed by atoms with Gasteiger partial charge in [-0.05, 0) is 50.8 Å². The topological polar surface area (TPSA) is 21.3 Å². The van der Waals surface area contributed by atoms with Crippen LogP contribution >= 0.6 is 0 Å². The molecule has 0 aliphatic rings. The summed E-state index contributed by atoms with van der Waals surface area (Å²) in [5.74, 6) is 0.930. The summed E-state index contributed by atoms with van der Waals surface area (Å²) in [6, 6.07) is 9.54. The normalized spacial score (nSPS) is 14.4. The molecule has 0 aliphatic carbocycles. The minimum atomic E-state index is 0.576. The number of hydrogen-bond donors (Lipinski definition) is 1. The fourth-order valence-electron chi connectivity index (χ4n) is 1.86. The van der Waals surface area contributed by atoms with E-state index in [1.165, 1.54) is 18.4 Å². The Morgan fingerprint density at radius 2 is 1.76 bits per heavy atom. The number of benzene rings is 1. The Balaban J connectivity index is 2.34. The van der Waals surface area contributed by atoms with Gasteiger partial charge >= 0.3 is 0 Å². The molecule has 2 heteroatoms. The summed E-state index contributed by atoms with van der Waals surface area (Å²) in [6.07, 6.45) is 3.48. The highest BCUT2D eigenvalue weighted by Gasteiger charge is 2.05. The first-order valence-electron chi connectivity index (χ1n) is 6.54. The second-order valence-corrected chi connectivity index (χ2v) is 4.76. The highest BCUT2D eigenvalue weighted by Crippen LogP contribution is 2.13. The molecular formula is C15H25NO. The molecule has 0 heterocycles. The monoisotopic (exact) mass is 235 g/mol. The molecule has 0 spiro atoms. The van der Waals surface area contributed by atoms with Gasteiger partial charge < -0.3 is 10.1 Å². The fraction of sp³-hybridized carbons (Fsp3) is 0.600. The lowest BCUT2D eigenvalue weighted by Gasteiger charge is -2.18. The van der Waals surface area contributed by atoms with E-state index in [9.17, 15) is 0 Å². The van der Waals surface area contributed by atoms with E-state index in [-0.39, 0.29) is 0 Å². The Morgan fingerprint density at radius 3 is 2.29 bits per heavy atom. The maximum atomic E-state index is 5.15. The third kappa shape index (κ3) is 5.22. The van der Waals surface area contributed by atoms with E-state index in [0.29, 0.717) is 12.1 Å². The van der Waals surface area contributed by atoms with Crippen molar-refractivity contribution in [2.24, 2.45) is 0 Å². The number of rotatable bonds is 7. The summed E-state index contributed by atoms with van der Waals surface area (Å²) in [5.41, 5.74) is 1.38. The molecule has 2 nitrogen and oxygen atoms in total. The van der Waals surface area contributed by atoms with Crippen molar-refractivity contribution in [1.82, 2.24) is 5.32 Å². The van der Waals surface area contributed by atoms with Crippen LogP contribution in [0.2, 0.25) is 0 Å². The van der Waals surface area contributed by atoms with E-state index < -0.39 is 0 Å². The average Bonchev–Trinajstić information content (AvgIpc) is 2.36. The predicted molar refractivity (Wildman–Crippen MR) is 73.7 cm³/mol. The standard InChI is InChI=1S/C15H25NO/c1-5-12(2)16-13(3)6-7-14-8-10-15(17-4)11-9-14/h8-13,16H,5-7H2,1-4H3. The molecule has 96 valence electrons. The smallest absolute Gasteiger partial charge is 0.118 e. The van der Waals surface area contributed by atoms with E-state index in [1.807, 2.05) is 12.1 Å². The predicted octanol–water partition coefficient (Wildman–Crippen LogP) is 3.40. The number of nitrogens with one attached hydrogen (secondary N) is 1. The van der Waals surface area contributed by atoms with E-state index in [0.717, 1.165) is 12.2 Å². The van der Waals surface area contributed by atoms with Crippen molar-refractivity contribution in [1.29, 1.82) is 0 Å². The molecule has 1 aromatic carbocycles. The quantitative estimate of drug-likeness (QED) is 0.782. The summed E-state index contributed by atoms with van der Waals surface area (Å²) >= 11 is 0. The van der Waals surface area contributed by atoms with Crippen LogP contribution in [0, 0.1) is 0 Å². The molecule has 1 N–H and O–H groups in total. The molecule has 0 amide bonds. The average molecular weight is 235 g/mol. The summed E-state index contributed by atoms with van der Waals surface area (Å²) in [5, 5.41) is 3.60. The first-order chi connectivity index (χ1) is 8.15. The van der Waals surface area contributed by atoms with E-state index in [4.69, 9.17) is 4.74 Å². The first-order valence-corrected chi connectivity index (χ1v) is 6.54. The summed E-state index contributed by atoms with van der Waals surface area (Å²) < 4.78 is 5.15. The Kier molecular flexibility index (Phi) is 6.06. The largest absolute Gasteiger partial charge is 0.497 e. The van der Waals surface area contributed by atoms with Crippen molar-refractivity contribution >= 4 is 0 Å². The molecule has 1 rings (SSSR count). The third-order valence-corrected chi connectivity index (χ3v) is 3.21. The molecule has 0 aromatic heterocycles. The van der Waals surface area contributed by atoms with Crippen LogP contribution in [0.1, 0.15) is 39.2 Å². The van der Waals surface area contributed by atoms with Gasteiger partial charge in [-0.2, -0.15) is 0 Å². The van der Waals surface area contributed by atoms with Crippen LogP contribution in [0.3, 0.4) is 0 Å². The van der Waals surface area contributed by atoms with Crippen LogP contribution in [0.25, 0.3) is 0 Å². The zero-order valence-corrected chi connectivity index (χ0v) is 11.5. The Hall–Kier alpha value is -1.02. The van der Waals surface area contributed by atoms with Gasteiger partial charge in [0.1, 0.15) is 5.75 Å². The number of ether oxygens (including phenoxy) is 1. The lowest BCUT2D eigenvalue weighted by atomic mass is 10.1. The number of methoxy groups -OCH3 is 1. The highest BCUT2D eigenvalue weighted by molar-refractivity contribution is 5.27. The van der Waals surface area contributed by atoms with Gasteiger partial charge in [0.2, 0.25) is 0 Å². The SMILES string of the molecule is CCC(C)NC(C)CCc1ccc(OC)cc1. The van der Waals surface area contributed by atoms with Crippen LogP contribution in [0.4, 0.5) is 0 Å². The Bertz CT molecular complexity index is 307. The van der Waals surface area contributed by atoms with Crippen molar-refractivity contribution in [2.45, 2.75) is 52.1 Å².